The number of aliphatic hydroxyl groups excluding tert-OH is 1. The molecular weight excluding hydrogens is 440 g/mol. The zero-order valence-corrected chi connectivity index (χ0v) is 20.4. The maximum absolute atomic E-state index is 13.1. The normalized spacial score (nSPS) is 15.7. The fourth-order valence-corrected chi connectivity index (χ4v) is 3.21. The van der Waals surface area contributed by atoms with Crippen LogP contribution in [0.15, 0.2) is 30.3 Å². The highest BCUT2D eigenvalue weighted by molar-refractivity contribution is 5.90. The van der Waals surface area contributed by atoms with Crippen molar-refractivity contribution in [2.45, 2.75) is 77.7 Å². The molecular formula is C24H38N4O6. The molecule has 0 aliphatic carbocycles. The lowest BCUT2D eigenvalue weighted by atomic mass is 9.96. The summed E-state index contributed by atoms with van der Waals surface area (Å²) in [5.41, 5.74) is 6.72. The monoisotopic (exact) mass is 478 g/mol. The Hall–Kier alpha value is -2.98. The first-order valence-electron chi connectivity index (χ1n) is 11.4. The number of benzene rings is 1. The Bertz CT molecular complexity index is 830. The molecule has 190 valence electrons. The number of amides is 3. The molecule has 0 aliphatic heterocycles. The van der Waals surface area contributed by atoms with Crippen molar-refractivity contribution >= 4 is 23.7 Å². The van der Waals surface area contributed by atoms with Crippen LogP contribution < -0.4 is 21.7 Å². The minimum absolute atomic E-state index is 0.116. The van der Waals surface area contributed by atoms with Crippen molar-refractivity contribution in [1.29, 1.82) is 0 Å². The number of carbonyl (C=O) groups excluding carboxylic acids is 3. The molecule has 10 nitrogen and oxygen atoms in total. The zero-order chi connectivity index (χ0) is 26.0. The van der Waals surface area contributed by atoms with Crippen LogP contribution in [0.1, 0.15) is 46.6 Å². The largest absolute Gasteiger partial charge is 0.480 e. The standard InChI is InChI=1S/C24H38N4O6/c1-13(2)20(25)22(31)28-21(14(3)4)23(32)27-17(11-16-9-7-6-8-10-16)18(29)12-19(30)26-15(5)24(33)34/h6-10,13-15,17-18,20-21,29H,11-12,25H2,1-5H3,(H,26,30)(H,27,32)(H,28,31)(H,33,34)/t15-,17-,18-,20-,21-/m0/s1. The molecule has 0 bridgehead atoms. The molecule has 7 N–H and O–H groups in total. The van der Waals surface area contributed by atoms with E-state index in [1.807, 2.05) is 30.3 Å². The van der Waals surface area contributed by atoms with Crippen molar-refractivity contribution in [2.24, 2.45) is 17.6 Å². The highest BCUT2D eigenvalue weighted by Crippen LogP contribution is 2.12. The summed E-state index contributed by atoms with van der Waals surface area (Å²) >= 11 is 0. The molecule has 0 radical (unpaired) electrons. The number of aliphatic carboxylic acids is 1. The van der Waals surface area contributed by atoms with Gasteiger partial charge in [-0.25, -0.2) is 0 Å². The maximum Gasteiger partial charge on any atom is 0.325 e. The van der Waals surface area contributed by atoms with Crippen LogP contribution in [0.3, 0.4) is 0 Å². The van der Waals surface area contributed by atoms with Gasteiger partial charge in [-0.1, -0.05) is 58.0 Å². The second kappa shape index (κ2) is 13.7. The van der Waals surface area contributed by atoms with Gasteiger partial charge in [-0.15, -0.1) is 0 Å². The molecule has 3 amide bonds. The number of carboxylic acid groups (broad SMARTS) is 1. The summed E-state index contributed by atoms with van der Waals surface area (Å²) in [5, 5.41) is 27.5. The van der Waals surface area contributed by atoms with Gasteiger partial charge in [0, 0.05) is 0 Å². The van der Waals surface area contributed by atoms with Gasteiger partial charge >= 0.3 is 5.97 Å². The molecule has 0 fully saturated rings. The van der Waals surface area contributed by atoms with Gasteiger partial charge in [-0.3, -0.25) is 19.2 Å². The summed E-state index contributed by atoms with van der Waals surface area (Å²) in [6.45, 7) is 8.46. The Balaban J connectivity index is 3.01. The van der Waals surface area contributed by atoms with Crippen LogP contribution in [0, 0.1) is 11.8 Å². The highest BCUT2D eigenvalue weighted by atomic mass is 16.4. The smallest absolute Gasteiger partial charge is 0.325 e. The van der Waals surface area contributed by atoms with Crippen LogP contribution in [0.4, 0.5) is 0 Å². The Kier molecular flexibility index (Phi) is 11.7. The average molecular weight is 479 g/mol. The third kappa shape index (κ3) is 9.48. The second-order valence-electron chi connectivity index (χ2n) is 9.20. The Morgan fingerprint density at radius 1 is 0.882 bits per heavy atom. The van der Waals surface area contributed by atoms with Gasteiger partial charge in [0.15, 0.2) is 0 Å². The average Bonchev–Trinajstić information content (AvgIpc) is 2.76. The van der Waals surface area contributed by atoms with E-state index in [9.17, 15) is 24.3 Å². The molecule has 1 aromatic carbocycles. The summed E-state index contributed by atoms with van der Waals surface area (Å²) < 4.78 is 0. The van der Waals surface area contributed by atoms with Gasteiger partial charge in [-0.2, -0.15) is 0 Å². The topological polar surface area (TPSA) is 171 Å². The molecule has 5 atom stereocenters. The van der Waals surface area contributed by atoms with E-state index in [1.165, 1.54) is 6.92 Å². The molecule has 0 aliphatic rings. The van der Waals surface area contributed by atoms with Crippen LogP contribution in [-0.4, -0.2) is 64.2 Å². The minimum atomic E-state index is -1.30. The van der Waals surface area contributed by atoms with Crippen molar-refractivity contribution in [3.8, 4) is 0 Å². The van der Waals surface area contributed by atoms with Gasteiger partial charge in [-0.05, 0) is 30.7 Å². The van der Waals surface area contributed by atoms with Gasteiger partial charge in [0.2, 0.25) is 17.7 Å². The Morgan fingerprint density at radius 2 is 1.47 bits per heavy atom. The summed E-state index contributed by atoms with van der Waals surface area (Å²) in [6, 6.07) is 5.44. The van der Waals surface area contributed by atoms with Crippen LogP contribution in [0.2, 0.25) is 0 Å². The van der Waals surface area contributed by atoms with E-state index in [0.29, 0.717) is 0 Å². The molecule has 34 heavy (non-hydrogen) atoms. The van der Waals surface area contributed by atoms with Crippen molar-refractivity contribution in [3.05, 3.63) is 35.9 Å². The molecule has 0 saturated carbocycles. The van der Waals surface area contributed by atoms with Crippen LogP contribution in [0.25, 0.3) is 0 Å². The molecule has 1 aromatic rings. The molecule has 0 saturated heterocycles. The van der Waals surface area contributed by atoms with Crippen molar-refractivity contribution in [2.75, 3.05) is 0 Å². The minimum Gasteiger partial charge on any atom is -0.480 e. The van der Waals surface area contributed by atoms with Gasteiger partial charge < -0.3 is 31.9 Å². The van der Waals surface area contributed by atoms with E-state index in [0.717, 1.165) is 5.56 Å². The summed E-state index contributed by atoms with van der Waals surface area (Å²) in [7, 11) is 0. The third-order valence-corrected chi connectivity index (χ3v) is 5.50. The fourth-order valence-electron chi connectivity index (χ4n) is 3.21. The van der Waals surface area contributed by atoms with E-state index in [2.05, 4.69) is 16.0 Å². The van der Waals surface area contributed by atoms with E-state index >= 15 is 0 Å². The molecule has 1 rings (SSSR count). The second-order valence-corrected chi connectivity index (χ2v) is 9.20. The summed E-state index contributed by atoms with van der Waals surface area (Å²) in [6.07, 6.45) is -1.49. The first-order chi connectivity index (χ1) is 15.8. The van der Waals surface area contributed by atoms with Crippen molar-refractivity contribution in [1.82, 2.24) is 16.0 Å². The number of aliphatic hydroxyl groups is 1. The lowest BCUT2D eigenvalue weighted by molar-refractivity contribution is -0.141. The quantitative estimate of drug-likeness (QED) is 0.235. The van der Waals surface area contributed by atoms with Crippen molar-refractivity contribution in [3.63, 3.8) is 0 Å². The van der Waals surface area contributed by atoms with E-state index < -0.39 is 60.4 Å². The van der Waals surface area contributed by atoms with Crippen LogP contribution in [0.5, 0.6) is 0 Å². The predicted molar refractivity (Wildman–Crippen MR) is 128 cm³/mol. The number of nitrogens with one attached hydrogen (secondary N) is 3. The molecule has 0 heterocycles. The zero-order valence-electron chi connectivity index (χ0n) is 20.4. The highest BCUT2D eigenvalue weighted by Gasteiger charge is 2.31. The van der Waals surface area contributed by atoms with Crippen LogP contribution in [-0.2, 0) is 25.6 Å². The first-order valence-corrected chi connectivity index (χ1v) is 11.4. The van der Waals surface area contributed by atoms with Gasteiger partial charge in [0.05, 0.1) is 24.6 Å². The number of carbonyl (C=O) groups is 4. The lowest BCUT2D eigenvalue weighted by Crippen LogP contribution is -2.58. The first kappa shape index (κ1) is 29.1. The lowest BCUT2D eigenvalue weighted by Gasteiger charge is -2.29. The van der Waals surface area contributed by atoms with E-state index in [-0.39, 0.29) is 18.3 Å². The number of rotatable bonds is 13. The molecule has 10 heteroatoms. The molecule has 0 unspecified atom stereocenters. The Morgan fingerprint density at radius 3 is 1.97 bits per heavy atom. The molecule has 0 aromatic heterocycles. The third-order valence-electron chi connectivity index (χ3n) is 5.50. The number of nitrogens with two attached hydrogens (primary N) is 1. The summed E-state index contributed by atoms with van der Waals surface area (Å²) in [5.74, 6) is -3.21. The number of carboxylic acids is 1. The number of hydrogen-bond donors (Lipinski definition) is 6. The van der Waals surface area contributed by atoms with Gasteiger partial charge in [0.25, 0.3) is 0 Å². The maximum atomic E-state index is 13.1. The van der Waals surface area contributed by atoms with Crippen molar-refractivity contribution < 1.29 is 29.4 Å². The van der Waals surface area contributed by atoms with Crippen LogP contribution >= 0.6 is 0 Å². The molecule has 0 spiro atoms. The van der Waals surface area contributed by atoms with E-state index in [1.54, 1.807) is 27.7 Å². The van der Waals surface area contributed by atoms with Gasteiger partial charge in [0.1, 0.15) is 12.1 Å². The predicted octanol–water partition coefficient (Wildman–Crippen LogP) is 0.178. The summed E-state index contributed by atoms with van der Waals surface area (Å²) in [4.78, 5) is 48.8. The number of hydrogen-bond acceptors (Lipinski definition) is 6. The Labute approximate surface area is 200 Å². The van der Waals surface area contributed by atoms with E-state index in [4.69, 9.17) is 10.8 Å². The fraction of sp³-hybridized carbons (Fsp3) is 0.583. The SMILES string of the molecule is CC(C)[C@H](N)C(=O)N[C@H](C(=O)N[C@@H](Cc1ccccc1)[C@@H](O)CC(=O)N[C@@H](C)C(=O)O)C(C)C.